The molecule has 0 radical (unpaired) electrons. The summed E-state index contributed by atoms with van der Waals surface area (Å²) in [6.45, 7) is 4.12. The predicted octanol–water partition coefficient (Wildman–Crippen LogP) is 3.77. The first-order valence-corrected chi connectivity index (χ1v) is 6.09. The van der Waals surface area contributed by atoms with Crippen molar-refractivity contribution in [2.45, 2.75) is 13.8 Å². The number of ether oxygens (including phenoxy) is 1. The zero-order chi connectivity index (χ0) is 13.8. The number of hydrogen-bond donors (Lipinski definition) is 1. The van der Waals surface area contributed by atoms with Crippen LogP contribution >= 0.6 is 0 Å². The van der Waals surface area contributed by atoms with Gasteiger partial charge in [0.1, 0.15) is 0 Å². The first-order chi connectivity index (χ1) is 9.11. The van der Waals surface area contributed by atoms with Crippen molar-refractivity contribution in [1.29, 1.82) is 0 Å². The molecule has 19 heavy (non-hydrogen) atoms. The van der Waals surface area contributed by atoms with Crippen molar-refractivity contribution in [1.82, 2.24) is 0 Å². The van der Waals surface area contributed by atoms with Crippen LogP contribution < -0.4 is 4.74 Å². The van der Waals surface area contributed by atoms with E-state index in [1.807, 2.05) is 24.3 Å². The Hall–Kier alpha value is -2.29. The van der Waals surface area contributed by atoms with Gasteiger partial charge in [0.15, 0.2) is 11.5 Å². The van der Waals surface area contributed by atoms with E-state index in [1.54, 1.807) is 18.3 Å². The van der Waals surface area contributed by atoms with Crippen LogP contribution in [0.3, 0.4) is 0 Å². The molecular weight excluding hydrogens is 238 g/mol. The number of para-hydroxylation sites is 1. The monoisotopic (exact) mass is 255 g/mol. The normalized spacial score (nSPS) is 10.9. The Balaban J connectivity index is 2.30. The third-order valence-corrected chi connectivity index (χ3v) is 3.09. The van der Waals surface area contributed by atoms with Crippen molar-refractivity contribution in [2.24, 2.45) is 4.99 Å². The van der Waals surface area contributed by atoms with Gasteiger partial charge in [-0.05, 0) is 49.2 Å². The molecule has 0 atom stereocenters. The maximum Gasteiger partial charge on any atom is 0.166 e. The van der Waals surface area contributed by atoms with Crippen molar-refractivity contribution in [3.8, 4) is 11.5 Å². The number of nitrogens with zero attached hydrogens (tertiary/aromatic N) is 1. The lowest BCUT2D eigenvalue weighted by atomic mass is 10.1. The van der Waals surface area contributed by atoms with Crippen LogP contribution in [0, 0.1) is 13.8 Å². The molecule has 0 aliphatic carbocycles. The van der Waals surface area contributed by atoms with Crippen LogP contribution in [-0.2, 0) is 0 Å². The van der Waals surface area contributed by atoms with Crippen molar-refractivity contribution in [2.75, 3.05) is 7.11 Å². The van der Waals surface area contributed by atoms with Gasteiger partial charge in [-0.3, -0.25) is 4.99 Å². The van der Waals surface area contributed by atoms with Gasteiger partial charge in [-0.2, -0.15) is 0 Å². The summed E-state index contributed by atoms with van der Waals surface area (Å²) in [6.07, 6.45) is 1.64. The molecule has 0 saturated carbocycles. The predicted molar refractivity (Wildman–Crippen MR) is 77.8 cm³/mol. The lowest BCUT2D eigenvalue weighted by Crippen LogP contribution is -1.88. The minimum absolute atomic E-state index is 0.109. The fraction of sp³-hybridized carbons (Fsp3) is 0.188. The van der Waals surface area contributed by atoms with Crippen molar-refractivity contribution in [3.05, 3.63) is 53.1 Å². The Morgan fingerprint density at radius 1 is 1.11 bits per heavy atom. The SMILES string of the molecule is COc1cccc(C=Nc2ccc(C)c(C)c2)c1O. The highest BCUT2D eigenvalue weighted by atomic mass is 16.5. The zero-order valence-corrected chi connectivity index (χ0v) is 11.3. The molecular formula is C16H17NO2. The Kier molecular flexibility index (Phi) is 3.85. The van der Waals surface area contributed by atoms with Crippen molar-refractivity contribution < 1.29 is 9.84 Å². The summed E-state index contributed by atoms with van der Waals surface area (Å²) in [5.41, 5.74) is 3.94. The Morgan fingerprint density at radius 2 is 1.89 bits per heavy atom. The highest BCUT2D eigenvalue weighted by molar-refractivity contribution is 5.86. The second-order valence-electron chi connectivity index (χ2n) is 4.42. The summed E-state index contributed by atoms with van der Waals surface area (Å²) >= 11 is 0. The Labute approximate surface area is 113 Å². The Bertz CT molecular complexity index is 618. The molecule has 0 bridgehead atoms. The van der Waals surface area contributed by atoms with E-state index in [9.17, 15) is 5.11 Å². The van der Waals surface area contributed by atoms with E-state index >= 15 is 0 Å². The van der Waals surface area contributed by atoms with Gasteiger partial charge in [0.05, 0.1) is 12.8 Å². The molecule has 1 N–H and O–H groups in total. The quantitative estimate of drug-likeness (QED) is 0.848. The average Bonchev–Trinajstić information content (AvgIpc) is 2.41. The second-order valence-corrected chi connectivity index (χ2v) is 4.42. The molecule has 98 valence electrons. The van der Waals surface area contributed by atoms with E-state index in [0.29, 0.717) is 11.3 Å². The molecule has 0 aliphatic heterocycles. The molecule has 3 nitrogen and oxygen atoms in total. The van der Waals surface area contributed by atoms with Gasteiger partial charge in [-0.15, -0.1) is 0 Å². The molecule has 0 spiro atoms. The summed E-state index contributed by atoms with van der Waals surface area (Å²) in [6, 6.07) is 11.3. The van der Waals surface area contributed by atoms with E-state index in [1.165, 1.54) is 18.2 Å². The minimum Gasteiger partial charge on any atom is -0.504 e. The van der Waals surface area contributed by atoms with Crippen molar-refractivity contribution in [3.63, 3.8) is 0 Å². The van der Waals surface area contributed by atoms with Crippen LogP contribution in [0.25, 0.3) is 0 Å². The van der Waals surface area contributed by atoms with E-state index in [-0.39, 0.29) is 5.75 Å². The van der Waals surface area contributed by atoms with Gasteiger partial charge in [-0.25, -0.2) is 0 Å². The van der Waals surface area contributed by atoms with Gasteiger partial charge >= 0.3 is 0 Å². The standard InChI is InChI=1S/C16H17NO2/c1-11-7-8-14(9-12(11)2)17-10-13-5-4-6-15(19-3)16(13)18/h4-10,18H,1-3H3. The van der Waals surface area contributed by atoms with E-state index < -0.39 is 0 Å². The van der Waals surface area contributed by atoms with Crippen LogP contribution in [0.2, 0.25) is 0 Å². The van der Waals surface area contributed by atoms with E-state index in [2.05, 4.69) is 18.8 Å². The molecule has 0 unspecified atom stereocenters. The molecule has 3 heteroatoms. The fourth-order valence-corrected chi connectivity index (χ4v) is 1.76. The molecule has 2 aromatic rings. The minimum atomic E-state index is 0.109. The van der Waals surface area contributed by atoms with Gasteiger partial charge in [0.2, 0.25) is 0 Å². The number of hydrogen-bond acceptors (Lipinski definition) is 3. The number of phenolic OH excluding ortho intramolecular Hbond substituents is 1. The maximum absolute atomic E-state index is 9.95. The smallest absolute Gasteiger partial charge is 0.166 e. The van der Waals surface area contributed by atoms with Crippen LogP contribution in [0.4, 0.5) is 5.69 Å². The Morgan fingerprint density at radius 3 is 2.58 bits per heavy atom. The highest BCUT2D eigenvalue weighted by Gasteiger charge is 2.04. The first-order valence-electron chi connectivity index (χ1n) is 6.09. The third-order valence-electron chi connectivity index (χ3n) is 3.09. The molecule has 0 heterocycles. The summed E-state index contributed by atoms with van der Waals surface area (Å²) in [7, 11) is 1.53. The molecule has 0 amide bonds. The van der Waals surface area contributed by atoms with E-state index in [0.717, 1.165) is 5.69 Å². The van der Waals surface area contributed by atoms with Gasteiger partial charge in [0, 0.05) is 11.8 Å². The second kappa shape index (κ2) is 5.57. The van der Waals surface area contributed by atoms with E-state index in [4.69, 9.17) is 4.74 Å². The number of rotatable bonds is 3. The van der Waals surface area contributed by atoms with Gasteiger partial charge < -0.3 is 9.84 Å². The largest absolute Gasteiger partial charge is 0.504 e. The van der Waals surface area contributed by atoms with Crippen molar-refractivity contribution >= 4 is 11.9 Å². The average molecular weight is 255 g/mol. The molecule has 2 rings (SSSR count). The van der Waals surface area contributed by atoms with Crippen LogP contribution in [0.1, 0.15) is 16.7 Å². The molecule has 0 aliphatic rings. The fourth-order valence-electron chi connectivity index (χ4n) is 1.76. The number of aliphatic imine (C=N–C) groups is 1. The van der Waals surface area contributed by atoms with Crippen LogP contribution in [0.15, 0.2) is 41.4 Å². The number of aromatic hydroxyl groups is 1. The topological polar surface area (TPSA) is 41.8 Å². The molecule has 2 aromatic carbocycles. The summed E-state index contributed by atoms with van der Waals surface area (Å²) in [5.74, 6) is 0.557. The number of benzene rings is 2. The first kappa shape index (κ1) is 13.1. The lowest BCUT2D eigenvalue weighted by molar-refractivity contribution is 0.373. The summed E-state index contributed by atoms with van der Waals surface area (Å²) in [5, 5.41) is 9.95. The zero-order valence-electron chi connectivity index (χ0n) is 11.3. The third kappa shape index (κ3) is 2.94. The number of phenols is 1. The molecule has 0 aromatic heterocycles. The number of methoxy groups -OCH3 is 1. The van der Waals surface area contributed by atoms with Gasteiger partial charge in [-0.1, -0.05) is 12.1 Å². The summed E-state index contributed by atoms with van der Waals surface area (Å²) in [4.78, 5) is 4.37. The molecule has 0 saturated heterocycles. The van der Waals surface area contributed by atoms with Crippen LogP contribution in [-0.4, -0.2) is 18.4 Å². The number of aryl methyl sites for hydroxylation is 2. The van der Waals surface area contributed by atoms with Gasteiger partial charge in [0.25, 0.3) is 0 Å². The summed E-state index contributed by atoms with van der Waals surface area (Å²) < 4.78 is 5.06. The maximum atomic E-state index is 9.95. The molecule has 0 fully saturated rings. The lowest BCUT2D eigenvalue weighted by Gasteiger charge is -2.05. The van der Waals surface area contributed by atoms with Crippen LogP contribution in [0.5, 0.6) is 11.5 Å². The highest BCUT2D eigenvalue weighted by Crippen LogP contribution is 2.28.